The first kappa shape index (κ1) is 21.3. The number of anilines is 1. The van der Waals surface area contributed by atoms with Gasteiger partial charge in [-0.25, -0.2) is 27.7 Å². The zero-order valence-electron chi connectivity index (χ0n) is 18.1. The fourth-order valence-corrected chi connectivity index (χ4v) is 5.88. The van der Waals surface area contributed by atoms with Crippen molar-refractivity contribution in [2.75, 3.05) is 38.8 Å². The highest BCUT2D eigenvalue weighted by Crippen LogP contribution is 2.37. The van der Waals surface area contributed by atoms with Crippen LogP contribution in [0.15, 0.2) is 29.9 Å². The van der Waals surface area contributed by atoms with Gasteiger partial charge < -0.3 is 14.6 Å². The quantitative estimate of drug-likeness (QED) is 0.476. The standard InChI is InChI=1S/C21H24N6O3S2/c1-13-10-30-9-8-27(13)21-18-17(14(11-31-18)12-32(28,29)26(2)3)24-20(25-21)16-5-7-23-19-15(16)4-6-22-19/h4-7,11,13H,8-10,12H2,1-3H3,(H,22,23)/t13-/m1/s1. The molecule has 9 nitrogen and oxygen atoms in total. The lowest BCUT2D eigenvalue weighted by molar-refractivity contribution is 0.0987. The number of rotatable bonds is 5. The summed E-state index contributed by atoms with van der Waals surface area (Å²) in [5.41, 5.74) is 2.98. The van der Waals surface area contributed by atoms with Gasteiger partial charge in [0.15, 0.2) is 11.6 Å². The number of aromatic nitrogens is 4. The van der Waals surface area contributed by atoms with E-state index in [0.717, 1.165) is 27.1 Å². The number of morpholine rings is 1. The van der Waals surface area contributed by atoms with Crippen molar-refractivity contribution in [1.29, 1.82) is 0 Å². The van der Waals surface area contributed by atoms with E-state index in [4.69, 9.17) is 14.7 Å². The van der Waals surface area contributed by atoms with Crippen LogP contribution in [0.4, 0.5) is 5.82 Å². The third-order valence-electron chi connectivity index (χ3n) is 5.71. The number of pyridine rings is 1. The van der Waals surface area contributed by atoms with E-state index in [9.17, 15) is 8.42 Å². The predicted molar refractivity (Wildman–Crippen MR) is 126 cm³/mol. The Morgan fingerprint density at radius 2 is 2.16 bits per heavy atom. The minimum absolute atomic E-state index is 0.107. The second kappa shape index (κ2) is 8.07. The summed E-state index contributed by atoms with van der Waals surface area (Å²) in [7, 11) is -0.341. The Morgan fingerprint density at radius 1 is 1.31 bits per heavy atom. The average Bonchev–Trinajstić information content (AvgIpc) is 3.40. The monoisotopic (exact) mass is 472 g/mol. The SMILES string of the molecule is C[C@@H]1COCCN1c1nc(-c2ccnc3[nH]ccc23)nc2c(CS(=O)(=O)N(C)C)csc12. The molecule has 1 fully saturated rings. The summed E-state index contributed by atoms with van der Waals surface area (Å²) in [6.07, 6.45) is 3.56. The minimum Gasteiger partial charge on any atom is -0.377 e. The van der Waals surface area contributed by atoms with Crippen molar-refractivity contribution in [3.05, 3.63) is 35.5 Å². The molecule has 1 aliphatic heterocycles. The summed E-state index contributed by atoms with van der Waals surface area (Å²) in [5, 5.41) is 2.81. The van der Waals surface area contributed by atoms with Gasteiger partial charge in [0.2, 0.25) is 10.0 Å². The maximum atomic E-state index is 12.6. The second-order valence-electron chi connectivity index (χ2n) is 8.06. The van der Waals surface area contributed by atoms with Gasteiger partial charge >= 0.3 is 0 Å². The molecule has 4 aromatic rings. The summed E-state index contributed by atoms with van der Waals surface area (Å²) < 4.78 is 33.0. The van der Waals surface area contributed by atoms with Crippen LogP contribution >= 0.6 is 11.3 Å². The molecule has 0 aliphatic carbocycles. The molecule has 4 aromatic heterocycles. The number of hydrogen-bond acceptors (Lipinski definition) is 8. The number of aromatic amines is 1. The molecule has 5 heterocycles. The van der Waals surface area contributed by atoms with E-state index < -0.39 is 10.0 Å². The summed E-state index contributed by atoms with van der Waals surface area (Å²) in [6.45, 7) is 4.06. The first-order valence-corrected chi connectivity index (χ1v) is 12.8. The van der Waals surface area contributed by atoms with E-state index >= 15 is 0 Å². The van der Waals surface area contributed by atoms with Crippen LogP contribution in [0, 0.1) is 0 Å². The van der Waals surface area contributed by atoms with E-state index in [-0.39, 0.29) is 11.8 Å². The molecule has 0 saturated carbocycles. The maximum absolute atomic E-state index is 12.6. The largest absolute Gasteiger partial charge is 0.377 e. The second-order valence-corrected chi connectivity index (χ2v) is 11.1. The van der Waals surface area contributed by atoms with Gasteiger partial charge in [0, 0.05) is 49.5 Å². The van der Waals surface area contributed by atoms with Crippen LogP contribution in [0.1, 0.15) is 12.5 Å². The summed E-state index contributed by atoms with van der Waals surface area (Å²) in [5.74, 6) is 1.27. The highest BCUT2D eigenvalue weighted by Gasteiger charge is 2.27. The lowest BCUT2D eigenvalue weighted by Crippen LogP contribution is -2.44. The zero-order valence-corrected chi connectivity index (χ0v) is 19.7. The Kier molecular flexibility index (Phi) is 5.36. The van der Waals surface area contributed by atoms with Crippen LogP contribution < -0.4 is 4.90 Å². The Bertz CT molecular complexity index is 1400. The van der Waals surface area contributed by atoms with Gasteiger partial charge in [0.1, 0.15) is 5.65 Å². The number of hydrogen-bond donors (Lipinski definition) is 1. The highest BCUT2D eigenvalue weighted by molar-refractivity contribution is 7.88. The first-order chi connectivity index (χ1) is 15.3. The number of fused-ring (bicyclic) bond motifs is 2. The Labute approximate surface area is 190 Å². The zero-order chi connectivity index (χ0) is 22.5. The molecule has 11 heteroatoms. The number of sulfonamides is 1. The molecule has 1 atom stereocenters. The van der Waals surface area contributed by atoms with Crippen molar-refractivity contribution in [2.24, 2.45) is 0 Å². The molecular weight excluding hydrogens is 448 g/mol. The van der Waals surface area contributed by atoms with Crippen molar-refractivity contribution in [1.82, 2.24) is 24.2 Å². The molecule has 0 radical (unpaired) electrons. The molecular formula is C21H24N6O3S2. The fraction of sp³-hybridized carbons (Fsp3) is 0.381. The van der Waals surface area contributed by atoms with Crippen molar-refractivity contribution >= 4 is 48.4 Å². The third kappa shape index (κ3) is 3.64. The van der Waals surface area contributed by atoms with Crippen LogP contribution in [0.25, 0.3) is 32.6 Å². The van der Waals surface area contributed by atoms with Gasteiger partial charge in [-0.15, -0.1) is 11.3 Å². The number of nitrogens with one attached hydrogen (secondary N) is 1. The maximum Gasteiger partial charge on any atom is 0.217 e. The van der Waals surface area contributed by atoms with Gasteiger partial charge in [-0.2, -0.15) is 0 Å². The number of H-pyrrole nitrogens is 1. The number of nitrogens with zero attached hydrogens (tertiary/aromatic N) is 5. The summed E-state index contributed by atoms with van der Waals surface area (Å²) in [4.78, 5) is 19.6. The molecule has 168 valence electrons. The van der Waals surface area contributed by atoms with E-state index in [2.05, 4.69) is 21.8 Å². The van der Waals surface area contributed by atoms with Gasteiger partial charge in [0.05, 0.1) is 35.2 Å². The Morgan fingerprint density at radius 3 is 2.94 bits per heavy atom. The molecule has 0 amide bonds. The van der Waals surface area contributed by atoms with Crippen LogP contribution in [0.3, 0.4) is 0 Å². The van der Waals surface area contributed by atoms with Crippen LogP contribution in [0.2, 0.25) is 0 Å². The van der Waals surface area contributed by atoms with Crippen molar-refractivity contribution in [3.63, 3.8) is 0 Å². The molecule has 0 unspecified atom stereocenters. The van der Waals surface area contributed by atoms with Crippen molar-refractivity contribution < 1.29 is 13.2 Å². The first-order valence-electron chi connectivity index (χ1n) is 10.3. The highest BCUT2D eigenvalue weighted by atomic mass is 32.2. The Balaban J connectivity index is 1.74. The topological polar surface area (TPSA) is 104 Å². The van der Waals surface area contributed by atoms with Gasteiger partial charge in [-0.05, 0) is 24.4 Å². The molecule has 1 N–H and O–H groups in total. The van der Waals surface area contributed by atoms with Crippen LogP contribution in [0.5, 0.6) is 0 Å². The van der Waals surface area contributed by atoms with Gasteiger partial charge in [0.25, 0.3) is 0 Å². The number of ether oxygens (including phenoxy) is 1. The number of thiophene rings is 1. The molecule has 5 rings (SSSR count). The van der Waals surface area contributed by atoms with Crippen LogP contribution in [-0.2, 0) is 20.5 Å². The van der Waals surface area contributed by atoms with E-state index in [0.29, 0.717) is 36.7 Å². The van der Waals surface area contributed by atoms with Crippen molar-refractivity contribution in [3.8, 4) is 11.4 Å². The predicted octanol–water partition coefficient (Wildman–Crippen LogP) is 2.85. The Hall–Kier alpha value is -2.60. The molecule has 0 spiro atoms. The summed E-state index contributed by atoms with van der Waals surface area (Å²) in [6, 6.07) is 4.00. The van der Waals surface area contributed by atoms with E-state index in [1.165, 1.54) is 15.6 Å². The molecule has 32 heavy (non-hydrogen) atoms. The normalized spacial score (nSPS) is 17.6. The molecule has 0 aromatic carbocycles. The molecule has 1 saturated heterocycles. The minimum atomic E-state index is -3.43. The lowest BCUT2D eigenvalue weighted by atomic mass is 10.1. The van der Waals surface area contributed by atoms with Crippen molar-refractivity contribution in [2.45, 2.75) is 18.7 Å². The van der Waals surface area contributed by atoms with Gasteiger partial charge in [-0.1, -0.05) is 0 Å². The third-order valence-corrected chi connectivity index (χ3v) is 8.51. The van der Waals surface area contributed by atoms with E-state index in [1.807, 2.05) is 23.7 Å². The van der Waals surface area contributed by atoms with Gasteiger partial charge in [-0.3, -0.25) is 0 Å². The molecule has 1 aliphatic rings. The fourth-order valence-electron chi connectivity index (χ4n) is 3.89. The van der Waals surface area contributed by atoms with E-state index in [1.54, 1.807) is 20.3 Å². The molecule has 0 bridgehead atoms. The van der Waals surface area contributed by atoms with Crippen LogP contribution in [-0.4, -0.2) is 72.6 Å². The lowest BCUT2D eigenvalue weighted by Gasteiger charge is -2.34. The average molecular weight is 473 g/mol. The summed E-state index contributed by atoms with van der Waals surface area (Å²) >= 11 is 1.49. The smallest absolute Gasteiger partial charge is 0.217 e.